The number of nitrogens with one attached hydrogen (secondary N) is 1. The van der Waals surface area contributed by atoms with Crippen molar-refractivity contribution in [3.8, 4) is 5.75 Å². The third-order valence-electron chi connectivity index (χ3n) is 4.66. The summed E-state index contributed by atoms with van der Waals surface area (Å²) in [5.74, 6) is -0.529. The molecule has 0 saturated carbocycles. The molecule has 1 fully saturated rings. The van der Waals surface area contributed by atoms with Gasteiger partial charge in [-0.3, -0.25) is 14.9 Å². The van der Waals surface area contributed by atoms with Gasteiger partial charge in [-0.05, 0) is 36.5 Å². The smallest absolute Gasteiger partial charge is 0.270 e. The van der Waals surface area contributed by atoms with Crippen LogP contribution in [0.15, 0.2) is 60.3 Å². The van der Waals surface area contributed by atoms with Gasteiger partial charge in [-0.15, -0.1) is 0 Å². The Bertz CT molecular complexity index is 1160. The van der Waals surface area contributed by atoms with Crippen LogP contribution < -0.4 is 15.0 Å². The number of anilines is 1. The van der Waals surface area contributed by atoms with Crippen LogP contribution in [0.25, 0.3) is 17.0 Å². The summed E-state index contributed by atoms with van der Waals surface area (Å²) in [4.78, 5) is 27.0. The Labute approximate surface area is 167 Å². The van der Waals surface area contributed by atoms with Gasteiger partial charge in [-0.25, -0.2) is 4.90 Å². The van der Waals surface area contributed by atoms with Crippen molar-refractivity contribution in [2.45, 2.75) is 0 Å². The average Bonchev–Trinajstić information content (AvgIpc) is 3.01. The van der Waals surface area contributed by atoms with Gasteiger partial charge in [-0.1, -0.05) is 30.3 Å². The molecule has 0 bridgehead atoms. The number of carbonyl (C=O) groups excluding carboxylic acids is 2. The number of nitrogens with zero attached hydrogens (tertiary/aromatic N) is 2. The first kappa shape index (κ1) is 17.9. The molecule has 6 nitrogen and oxygen atoms in total. The summed E-state index contributed by atoms with van der Waals surface area (Å²) >= 11 is 5.26. The highest BCUT2D eigenvalue weighted by Crippen LogP contribution is 2.31. The number of benzene rings is 2. The summed E-state index contributed by atoms with van der Waals surface area (Å²) < 4.78 is 7.30. The molecule has 0 spiro atoms. The summed E-state index contributed by atoms with van der Waals surface area (Å²) in [6, 6.07) is 14.8. The maximum absolute atomic E-state index is 13.2. The molecule has 1 saturated heterocycles. The minimum atomic E-state index is -0.519. The normalized spacial score (nSPS) is 16.0. The number of amides is 2. The number of fused-ring (bicyclic) bond motifs is 1. The molecule has 0 unspecified atom stereocenters. The van der Waals surface area contributed by atoms with Crippen LogP contribution in [0, 0.1) is 0 Å². The van der Waals surface area contributed by atoms with Crippen LogP contribution in [-0.4, -0.2) is 28.6 Å². The van der Waals surface area contributed by atoms with E-state index in [-0.39, 0.29) is 10.7 Å². The van der Waals surface area contributed by atoms with E-state index in [9.17, 15) is 9.59 Å². The van der Waals surface area contributed by atoms with Gasteiger partial charge in [0.2, 0.25) is 0 Å². The molecule has 0 radical (unpaired) electrons. The lowest BCUT2D eigenvalue weighted by atomic mass is 10.1. The van der Waals surface area contributed by atoms with E-state index in [1.165, 1.54) is 12.0 Å². The van der Waals surface area contributed by atoms with Crippen LogP contribution in [0.1, 0.15) is 5.56 Å². The fourth-order valence-corrected chi connectivity index (χ4v) is 3.61. The lowest BCUT2D eigenvalue weighted by Crippen LogP contribution is -2.54. The second kappa shape index (κ2) is 6.94. The van der Waals surface area contributed by atoms with E-state index in [1.54, 1.807) is 30.3 Å². The molecule has 1 aliphatic rings. The van der Waals surface area contributed by atoms with E-state index < -0.39 is 11.8 Å². The molecule has 0 aliphatic carbocycles. The quantitative estimate of drug-likeness (QED) is 0.424. The SMILES string of the molecule is COc1ccccc1N1C(=O)C(=Cc2cn(C)c3ccccc23)C(=O)NC1=S. The first-order chi connectivity index (χ1) is 13.5. The Morgan fingerprint density at radius 2 is 1.79 bits per heavy atom. The summed E-state index contributed by atoms with van der Waals surface area (Å²) in [6.45, 7) is 0. The molecule has 2 amide bonds. The maximum Gasteiger partial charge on any atom is 0.270 e. The van der Waals surface area contributed by atoms with Crippen molar-refractivity contribution in [3.05, 3.63) is 65.9 Å². The van der Waals surface area contributed by atoms with Crippen molar-refractivity contribution in [3.63, 3.8) is 0 Å². The zero-order valence-electron chi connectivity index (χ0n) is 15.3. The predicted molar refractivity (Wildman–Crippen MR) is 112 cm³/mol. The van der Waals surface area contributed by atoms with Crippen molar-refractivity contribution >= 4 is 51.8 Å². The second-order valence-electron chi connectivity index (χ2n) is 6.34. The number of para-hydroxylation sites is 3. The van der Waals surface area contributed by atoms with E-state index in [1.807, 2.05) is 42.1 Å². The molecule has 1 aliphatic heterocycles. The molecule has 1 aromatic heterocycles. The largest absolute Gasteiger partial charge is 0.495 e. The van der Waals surface area contributed by atoms with Crippen molar-refractivity contribution in [2.75, 3.05) is 12.0 Å². The Morgan fingerprint density at radius 3 is 2.57 bits per heavy atom. The van der Waals surface area contributed by atoms with E-state index in [4.69, 9.17) is 17.0 Å². The van der Waals surface area contributed by atoms with E-state index >= 15 is 0 Å². The monoisotopic (exact) mass is 391 g/mol. The highest BCUT2D eigenvalue weighted by Gasteiger charge is 2.35. The molecule has 1 N–H and O–H groups in total. The minimum absolute atomic E-state index is 0.0101. The zero-order valence-corrected chi connectivity index (χ0v) is 16.1. The second-order valence-corrected chi connectivity index (χ2v) is 6.73. The molecule has 0 atom stereocenters. The minimum Gasteiger partial charge on any atom is -0.495 e. The van der Waals surface area contributed by atoms with Gasteiger partial charge in [0, 0.05) is 29.7 Å². The molecule has 140 valence electrons. The van der Waals surface area contributed by atoms with Crippen LogP contribution in [0.3, 0.4) is 0 Å². The van der Waals surface area contributed by atoms with Gasteiger partial charge in [0.05, 0.1) is 12.8 Å². The molecular formula is C21H17N3O3S. The van der Waals surface area contributed by atoms with Gasteiger partial charge in [-0.2, -0.15) is 0 Å². The van der Waals surface area contributed by atoms with Crippen molar-refractivity contribution < 1.29 is 14.3 Å². The molecule has 2 heterocycles. The third-order valence-corrected chi connectivity index (χ3v) is 4.94. The van der Waals surface area contributed by atoms with Crippen LogP contribution >= 0.6 is 12.2 Å². The fourth-order valence-electron chi connectivity index (χ4n) is 3.33. The van der Waals surface area contributed by atoms with Gasteiger partial charge >= 0.3 is 0 Å². The number of hydrogen-bond acceptors (Lipinski definition) is 4. The first-order valence-corrected chi connectivity index (χ1v) is 9.00. The molecular weight excluding hydrogens is 374 g/mol. The summed E-state index contributed by atoms with van der Waals surface area (Å²) in [7, 11) is 3.44. The Balaban J connectivity index is 1.83. The lowest BCUT2D eigenvalue weighted by Gasteiger charge is -2.29. The molecule has 28 heavy (non-hydrogen) atoms. The lowest BCUT2D eigenvalue weighted by molar-refractivity contribution is -0.122. The zero-order chi connectivity index (χ0) is 19.8. The summed E-state index contributed by atoms with van der Waals surface area (Å²) in [5, 5.41) is 3.58. The van der Waals surface area contributed by atoms with Crippen molar-refractivity contribution in [2.24, 2.45) is 7.05 Å². The highest BCUT2D eigenvalue weighted by molar-refractivity contribution is 7.80. The molecule has 7 heteroatoms. The Kier molecular flexibility index (Phi) is 4.44. The number of aryl methyl sites for hydroxylation is 1. The summed E-state index contributed by atoms with van der Waals surface area (Å²) in [5.41, 5.74) is 2.28. The van der Waals surface area contributed by atoms with Crippen molar-refractivity contribution in [1.29, 1.82) is 0 Å². The van der Waals surface area contributed by atoms with E-state index in [2.05, 4.69) is 5.32 Å². The number of carbonyl (C=O) groups is 2. The van der Waals surface area contributed by atoms with Gasteiger partial charge in [0.25, 0.3) is 11.8 Å². The number of aromatic nitrogens is 1. The maximum atomic E-state index is 13.2. The third kappa shape index (κ3) is 2.86. The number of thiocarbonyl (C=S) groups is 1. The average molecular weight is 391 g/mol. The van der Waals surface area contributed by atoms with Crippen LogP contribution in [0.2, 0.25) is 0 Å². The standard InChI is InChI=1S/C21H17N3O3S/c1-23-12-13(14-7-3-4-8-16(14)23)11-15-19(25)22-21(28)24(20(15)26)17-9-5-6-10-18(17)27-2/h3-12H,1-2H3,(H,22,25,28). The topological polar surface area (TPSA) is 63.6 Å². The highest BCUT2D eigenvalue weighted by atomic mass is 32.1. The van der Waals surface area contributed by atoms with E-state index in [0.717, 1.165) is 16.5 Å². The Morgan fingerprint density at radius 1 is 1.07 bits per heavy atom. The number of rotatable bonds is 3. The van der Waals surface area contributed by atoms with E-state index in [0.29, 0.717) is 11.4 Å². The van der Waals surface area contributed by atoms with Gasteiger partial charge in [0.15, 0.2) is 5.11 Å². The number of hydrogen-bond donors (Lipinski definition) is 1. The number of methoxy groups -OCH3 is 1. The molecule has 2 aromatic carbocycles. The fraction of sp³-hybridized carbons (Fsp3) is 0.0952. The van der Waals surface area contributed by atoms with Crippen LogP contribution in [0.4, 0.5) is 5.69 Å². The van der Waals surface area contributed by atoms with Gasteiger partial charge in [0.1, 0.15) is 11.3 Å². The predicted octanol–water partition coefficient (Wildman–Crippen LogP) is 3.02. The van der Waals surface area contributed by atoms with Crippen LogP contribution in [-0.2, 0) is 16.6 Å². The number of ether oxygens (including phenoxy) is 1. The van der Waals surface area contributed by atoms with Crippen LogP contribution in [0.5, 0.6) is 5.75 Å². The van der Waals surface area contributed by atoms with Gasteiger partial charge < -0.3 is 9.30 Å². The first-order valence-electron chi connectivity index (χ1n) is 8.60. The van der Waals surface area contributed by atoms with Crippen molar-refractivity contribution in [1.82, 2.24) is 9.88 Å². The summed E-state index contributed by atoms with van der Waals surface area (Å²) in [6.07, 6.45) is 3.49. The molecule has 3 aromatic rings. The molecule has 4 rings (SSSR count). The Hall–Kier alpha value is -3.45.